The minimum Gasteiger partial charge on any atom is -0.508 e. The van der Waals surface area contributed by atoms with Gasteiger partial charge in [0.05, 0.1) is 26.2 Å². The van der Waals surface area contributed by atoms with Gasteiger partial charge in [-0.3, -0.25) is 4.79 Å². The molecule has 1 aromatic rings. The van der Waals surface area contributed by atoms with E-state index in [2.05, 4.69) is 16.7 Å². The lowest BCUT2D eigenvalue weighted by molar-refractivity contribution is -0.892. The first-order valence-corrected chi connectivity index (χ1v) is 9.34. The van der Waals surface area contributed by atoms with Crippen molar-refractivity contribution in [3.05, 3.63) is 24.3 Å². The molecular formula is C19H30N3O2+. The van der Waals surface area contributed by atoms with Crippen LogP contribution in [0.2, 0.25) is 0 Å². The van der Waals surface area contributed by atoms with Gasteiger partial charge in [-0.1, -0.05) is 6.92 Å². The number of piperazine rings is 1. The molecule has 5 nitrogen and oxygen atoms in total. The smallest absolute Gasteiger partial charge is 0.278 e. The van der Waals surface area contributed by atoms with E-state index in [0.29, 0.717) is 24.2 Å². The molecule has 0 aliphatic carbocycles. The van der Waals surface area contributed by atoms with Crippen LogP contribution in [0.3, 0.4) is 0 Å². The average Bonchev–Trinajstić information content (AvgIpc) is 2.63. The molecule has 3 rings (SSSR count). The number of phenolic OH excluding ortho intramolecular Hbond substituents is 1. The Morgan fingerprint density at radius 2 is 1.88 bits per heavy atom. The molecule has 2 aliphatic heterocycles. The fraction of sp³-hybridized carbons (Fsp3) is 0.632. The highest BCUT2D eigenvalue weighted by Crippen LogP contribution is 2.19. The first kappa shape index (κ1) is 17.1. The summed E-state index contributed by atoms with van der Waals surface area (Å²) in [5, 5.41) is 9.40. The number of phenols is 1. The Balaban J connectivity index is 1.49. The molecule has 2 N–H and O–H groups in total. The second-order valence-corrected chi connectivity index (χ2v) is 7.08. The zero-order valence-corrected chi connectivity index (χ0v) is 14.7. The molecule has 0 aromatic heterocycles. The van der Waals surface area contributed by atoms with Gasteiger partial charge in [-0.2, -0.15) is 0 Å². The van der Waals surface area contributed by atoms with Gasteiger partial charge < -0.3 is 19.8 Å². The number of hydrogen-bond donors (Lipinski definition) is 2. The number of amides is 1. The SMILES string of the molecule is CC[C@H]1CCCCN1C(=O)C[NH+]1CCN(c2ccc(O)cc2)CC1. The van der Waals surface area contributed by atoms with E-state index in [1.54, 1.807) is 12.1 Å². The van der Waals surface area contributed by atoms with Crippen molar-refractivity contribution < 1.29 is 14.8 Å². The van der Waals surface area contributed by atoms with Gasteiger partial charge >= 0.3 is 0 Å². The molecule has 24 heavy (non-hydrogen) atoms. The number of aromatic hydroxyl groups is 1. The van der Waals surface area contributed by atoms with Crippen LogP contribution in [0.15, 0.2) is 24.3 Å². The van der Waals surface area contributed by atoms with Crippen LogP contribution in [0.4, 0.5) is 5.69 Å². The van der Waals surface area contributed by atoms with E-state index in [1.807, 2.05) is 12.1 Å². The van der Waals surface area contributed by atoms with Gasteiger partial charge in [0.1, 0.15) is 5.75 Å². The monoisotopic (exact) mass is 332 g/mol. The van der Waals surface area contributed by atoms with Gasteiger partial charge in [0, 0.05) is 18.3 Å². The Morgan fingerprint density at radius 1 is 1.17 bits per heavy atom. The Bertz CT molecular complexity index is 538. The number of quaternary nitrogens is 1. The van der Waals surface area contributed by atoms with Crippen molar-refractivity contribution in [2.24, 2.45) is 0 Å². The Labute approximate surface area is 144 Å². The van der Waals surface area contributed by atoms with Crippen LogP contribution in [0.1, 0.15) is 32.6 Å². The molecule has 5 heteroatoms. The molecule has 1 aromatic carbocycles. The first-order valence-electron chi connectivity index (χ1n) is 9.34. The Morgan fingerprint density at radius 3 is 2.54 bits per heavy atom. The minimum absolute atomic E-state index is 0.306. The van der Waals surface area contributed by atoms with Crippen molar-refractivity contribution in [1.82, 2.24) is 4.90 Å². The Hall–Kier alpha value is -1.75. The highest BCUT2D eigenvalue weighted by Gasteiger charge is 2.29. The average molecular weight is 332 g/mol. The summed E-state index contributed by atoms with van der Waals surface area (Å²) in [6.07, 6.45) is 4.68. The number of nitrogens with one attached hydrogen (secondary N) is 1. The van der Waals surface area contributed by atoms with Crippen LogP contribution in [-0.2, 0) is 4.79 Å². The lowest BCUT2D eigenvalue weighted by Crippen LogP contribution is -3.16. The van der Waals surface area contributed by atoms with Crippen LogP contribution in [0.5, 0.6) is 5.75 Å². The van der Waals surface area contributed by atoms with Crippen molar-refractivity contribution in [3.8, 4) is 5.75 Å². The fourth-order valence-corrected chi connectivity index (χ4v) is 3.99. The maximum Gasteiger partial charge on any atom is 0.278 e. The summed E-state index contributed by atoms with van der Waals surface area (Å²) >= 11 is 0. The highest BCUT2D eigenvalue weighted by atomic mass is 16.3. The number of carbonyl (C=O) groups excluding carboxylic acids is 1. The summed E-state index contributed by atoms with van der Waals surface area (Å²) in [6.45, 7) is 7.70. The van der Waals surface area contributed by atoms with Crippen molar-refractivity contribution in [2.45, 2.75) is 38.6 Å². The quantitative estimate of drug-likeness (QED) is 0.861. The second kappa shape index (κ2) is 7.88. The maximum atomic E-state index is 12.7. The number of likely N-dealkylation sites (tertiary alicyclic amines) is 1. The highest BCUT2D eigenvalue weighted by molar-refractivity contribution is 5.77. The third kappa shape index (κ3) is 4.01. The molecule has 0 spiro atoms. The molecule has 2 saturated heterocycles. The molecule has 1 atom stereocenters. The van der Waals surface area contributed by atoms with E-state index in [-0.39, 0.29) is 0 Å². The molecule has 1 amide bonds. The zero-order valence-electron chi connectivity index (χ0n) is 14.7. The molecule has 2 fully saturated rings. The van der Waals surface area contributed by atoms with Crippen LogP contribution >= 0.6 is 0 Å². The van der Waals surface area contributed by atoms with Crippen molar-refractivity contribution in [2.75, 3.05) is 44.2 Å². The largest absolute Gasteiger partial charge is 0.508 e. The molecule has 2 aliphatic rings. The third-order valence-electron chi connectivity index (χ3n) is 5.51. The lowest BCUT2D eigenvalue weighted by atomic mass is 10.00. The number of benzene rings is 1. The van der Waals surface area contributed by atoms with Gasteiger partial charge in [-0.25, -0.2) is 0 Å². The number of piperidine rings is 1. The van der Waals surface area contributed by atoms with Crippen molar-refractivity contribution in [1.29, 1.82) is 0 Å². The summed E-state index contributed by atoms with van der Waals surface area (Å²) in [4.78, 5) is 18.6. The number of hydrogen-bond acceptors (Lipinski definition) is 3. The van der Waals surface area contributed by atoms with E-state index in [0.717, 1.165) is 51.3 Å². The first-order chi connectivity index (χ1) is 11.7. The number of rotatable bonds is 4. The molecule has 2 heterocycles. The molecular weight excluding hydrogens is 302 g/mol. The third-order valence-corrected chi connectivity index (χ3v) is 5.51. The van der Waals surface area contributed by atoms with Crippen LogP contribution in [0.25, 0.3) is 0 Å². The summed E-state index contributed by atoms with van der Waals surface area (Å²) in [6, 6.07) is 7.86. The molecule has 0 radical (unpaired) electrons. The predicted octanol–water partition coefficient (Wildman–Crippen LogP) is 0.888. The minimum atomic E-state index is 0.306. The molecule has 132 valence electrons. The second-order valence-electron chi connectivity index (χ2n) is 7.08. The lowest BCUT2D eigenvalue weighted by Gasteiger charge is -2.37. The maximum absolute atomic E-state index is 12.7. The predicted molar refractivity (Wildman–Crippen MR) is 95.5 cm³/mol. The Kier molecular flexibility index (Phi) is 5.61. The van der Waals surface area contributed by atoms with Crippen LogP contribution in [0, 0.1) is 0 Å². The van der Waals surface area contributed by atoms with E-state index in [1.165, 1.54) is 17.7 Å². The summed E-state index contributed by atoms with van der Waals surface area (Å²) in [7, 11) is 0. The topological polar surface area (TPSA) is 48.2 Å². The van der Waals surface area contributed by atoms with E-state index < -0.39 is 0 Å². The number of carbonyl (C=O) groups is 1. The fourth-order valence-electron chi connectivity index (χ4n) is 3.99. The van der Waals surface area contributed by atoms with Gasteiger partial charge in [0.2, 0.25) is 0 Å². The van der Waals surface area contributed by atoms with Gasteiger partial charge in [-0.15, -0.1) is 0 Å². The van der Waals surface area contributed by atoms with Crippen LogP contribution < -0.4 is 9.80 Å². The number of nitrogens with zero attached hydrogens (tertiary/aromatic N) is 2. The van der Waals surface area contributed by atoms with E-state index in [9.17, 15) is 9.90 Å². The van der Waals surface area contributed by atoms with Gasteiger partial charge in [0.25, 0.3) is 5.91 Å². The summed E-state index contributed by atoms with van der Waals surface area (Å²) in [5.74, 6) is 0.648. The summed E-state index contributed by atoms with van der Waals surface area (Å²) < 4.78 is 0. The number of anilines is 1. The normalized spacial score (nSPS) is 22.6. The van der Waals surface area contributed by atoms with Gasteiger partial charge in [0.15, 0.2) is 6.54 Å². The molecule has 0 unspecified atom stereocenters. The van der Waals surface area contributed by atoms with Crippen molar-refractivity contribution in [3.63, 3.8) is 0 Å². The zero-order chi connectivity index (χ0) is 16.9. The van der Waals surface area contributed by atoms with E-state index >= 15 is 0 Å². The molecule has 0 saturated carbocycles. The van der Waals surface area contributed by atoms with Gasteiger partial charge in [-0.05, 0) is 49.9 Å². The standard InChI is InChI=1S/C19H29N3O2/c1-2-16-5-3-4-10-22(16)19(24)15-20-11-13-21(14-12-20)17-6-8-18(23)9-7-17/h6-9,16,23H,2-5,10-15H2,1H3/p+1/t16-/m0/s1. The van der Waals surface area contributed by atoms with E-state index in [4.69, 9.17) is 0 Å². The summed E-state index contributed by atoms with van der Waals surface area (Å²) in [5.41, 5.74) is 1.15. The molecule has 0 bridgehead atoms. The van der Waals surface area contributed by atoms with Crippen LogP contribution in [-0.4, -0.2) is 61.2 Å². The van der Waals surface area contributed by atoms with Crippen molar-refractivity contribution >= 4 is 11.6 Å².